The molecule has 0 saturated carbocycles. The fourth-order valence-corrected chi connectivity index (χ4v) is 6.09. The first kappa shape index (κ1) is 18.3. The van der Waals surface area contributed by atoms with Crippen molar-refractivity contribution in [3.63, 3.8) is 0 Å². The Balaban J connectivity index is 1.69. The topological polar surface area (TPSA) is 64.6 Å². The molecule has 2 aliphatic heterocycles. The number of aromatic hydroxyl groups is 1. The van der Waals surface area contributed by atoms with Gasteiger partial charge in [0, 0.05) is 34.0 Å². The quantitative estimate of drug-likeness (QED) is 0.563. The Morgan fingerprint density at radius 3 is 2.81 bits per heavy atom. The first-order valence-corrected chi connectivity index (χ1v) is 10.9. The highest BCUT2D eigenvalue weighted by Gasteiger charge is 2.34. The van der Waals surface area contributed by atoms with E-state index < -0.39 is 6.17 Å². The summed E-state index contributed by atoms with van der Waals surface area (Å²) in [6, 6.07) is 4.09. The smallest absolute Gasteiger partial charge is 0.256 e. The molecule has 0 fully saturated rings. The fourth-order valence-electron chi connectivity index (χ4n) is 3.54. The molecule has 8 heteroatoms. The lowest BCUT2D eigenvalue weighted by Crippen LogP contribution is -2.39. The molecule has 1 aromatic heterocycles. The standard InChI is InChI=1S/C18H19Br2N3O2S/c1-8(2)23-4-3-10-13(7-23)26-18-14(10)17(25)21-16(22-18)11-5-9(19)6-12(20)15(11)24/h5-6,8,16,22,24H,3-4,7H2,1-2H3,(H,21,25). The van der Waals surface area contributed by atoms with Gasteiger partial charge in [-0.05, 0) is 53.9 Å². The summed E-state index contributed by atoms with van der Waals surface area (Å²) in [6.07, 6.45) is 0.428. The van der Waals surface area contributed by atoms with Crippen molar-refractivity contribution in [3.05, 3.63) is 42.6 Å². The second kappa shape index (κ2) is 6.82. The summed E-state index contributed by atoms with van der Waals surface area (Å²) in [5, 5.41) is 17.7. The van der Waals surface area contributed by atoms with E-state index in [9.17, 15) is 9.90 Å². The monoisotopic (exact) mass is 499 g/mol. The summed E-state index contributed by atoms with van der Waals surface area (Å²) in [4.78, 5) is 16.5. The molecule has 1 amide bonds. The summed E-state index contributed by atoms with van der Waals surface area (Å²) in [5.41, 5.74) is 2.57. The lowest BCUT2D eigenvalue weighted by atomic mass is 9.99. The second-order valence-corrected chi connectivity index (χ2v) is 9.77. The Labute approximate surface area is 173 Å². The number of halogens is 2. The normalized spacial score (nSPS) is 19.7. The van der Waals surface area contributed by atoms with E-state index in [1.165, 1.54) is 10.4 Å². The van der Waals surface area contributed by atoms with Crippen LogP contribution in [0.2, 0.25) is 0 Å². The van der Waals surface area contributed by atoms with Gasteiger partial charge in [0.2, 0.25) is 0 Å². The highest BCUT2D eigenvalue weighted by molar-refractivity contribution is 9.11. The molecule has 1 atom stereocenters. The zero-order valence-electron chi connectivity index (χ0n) is 14.4. The summed E-state index contributed by atoms with van der Waals surface area (Å²) in [7, 11) is 0. The van der Waals surface area contributed by atoms with Crippen LogP contribution in [0.25, 0.3) is 0 Å². The second-order valence-electron chi connectivity index (χ2n) is 6.90. The van der Waals surface area contributed by atoms with Crippen LogP contribution in [-0.2, 0) is 13.0 Å². The van der Waals surface area contributed by atoms with E-state index in [0.29, 0.717) is 16.1 Å². The Morgan fingerprint density at radius 1 is 1.31 bits per heavy atom. The fraction of sp³-hybridized carbons (Fsp3) is 0.389. The van der Waals surface area contributed by atoms with Gasteiger partial charge in [-0.3, -0.25) is 9.69 Å². The lowest BCUT2D eigenvalue weighted by molar-refractivity contribution is 0.0934. The van der Waals surface area contributed by atoms with Crippen molar-refractivity contribution in [2.75, 3.05) is 11.9 Å². The molecule has 0 spiro atoms. The number of hydrogen-bond donors (Lipinski definition) is 3. The van der Waals surface area contributed by atoms with Crippen LogP contribution in [0.3, 0.4) is 0 Å². The average molecular weight is 501 g/mol. The minimum atomic E-state index is -0.467. The number of carbonyl (C=O) groups is 1. The summed E-state index contributed by atoms with van der Waals surface area (Å²) in [5.74, 6) is 0.0523. The van der Waals surface area contributed by atoms with E-state index in [4.69, 9.17) is 0 Å². The third-order valence-corrected chi connectivity index (χ3v) is 7.17. The van der Waals surface area contributed by atoms with Crippen molar-refractivity contribution >= 4 is 54.1 Å². The molecule has 4 rings (SSSR count). The van der Waals surface area contributed by atoms with Crippen molar-refractivity contribution in [3.8, 4) is 5.75 Å². The zero-order valence-corrected chi connectivity index (χ0v) is 18.4. The average Bonchev–Trinajstić information content (AvgIpc) is 2.95. The minimum absolute atomic E-state index is 0.0743. The van der Waals surface area contributed by atoms with Gasteiger partial charge < -0.3 is 15.7 Å². The van der Waals surface area contributed by atoms with Crippen LogP contribution in [0.4, 0.5) is 5.00 Å². The van der Waals surface area contributed by atoms with Crippen molar-refractivity contribution in [2.45, 2.75) is 39.0 Å². The van der Waals surface area contributed by atoms with Crippen LogP contribution in [-0.4, -0.2) is 28.5 Å². The predicted octanol–water partition coefficient (Wildman–Crippen LogP) is 4.60. The van der Waals surface area contributed by atoms with Gasteiger partial charge in [-0.15, -0.1) is 11.3 Å². The van der Waals surface area contributed by atoms with Gasteiger partial charge in [0.25, 0.3) is 5.91 Å². The summed E-state index contributed by atoms with van der Waals surface area (Å²) < 4.78 is 1.42. The minimum Gasteiger partial charge on any atom is -0.506 e. The largest absolute Gasteiger partial charge is 0.506 e. The highest BCUT2D eigenvalue weighted by Crippen LogP contribution is 2.43. The molecule has 0 bridgehead atoms. The maximum absolute atomic E-state index is 12.8. The summed E-state index contributed by atoms with van der Waals surface area (Å²) in [6.45, 7) is 6.27. The molecule has 0 aliphatic carbocycles. The van der Waals surface area contributed by atoms with Gasteiger partial charge >= 0.3 is 0 Å². The first-order chi connectivity index (χ1) is 12.3. The maximum Gasteiger partial charge on any atom is 0.256 e. The molecule has 2 aromatic rings. The molecule has 3 N–H and O–H groups in total. The van der Waals surface area contributed by atoms with Gasteiger partial charge in [0.15, 0.2) is 0 Å². The number of rotatable bonds is 2. The molecule has 138 valence electrons. The molecule has 0 saturated heterocycles. The lowest BCUT2D eigenvalue weighted by Gasteiger charge is -2.31. The molecular formula is C18H19Br2N3O2S. The van der Waals surface area contributed by atoms with E-state index in [1.54, 1.807) is 17.4 Å². The molecular weight excluding hydrogens is 482 g/mol. The Bertz CT molecular complexity index is 897. The molecule has 1 unspecified atom stereocenters. The number of amides is 1. The van der Waals surface area contributed by atoms with Crippen molar-refractivity contribution in [1.82, 2.24) is 10.2 Å². The van der Waals surface area contributed by atoms with Crippen LogP contribution in [0, 0.1) is 0 Å². The van der Waals surface area contributed by atoms with Crippen LogP contribution >= 0.6 is 43.2 Å². The van der Waals surface area contributed by atoms with Gasteiger partial charge in [0.05, 0.1) is 10.0 Å². The SMILES string of the molecule is CC(C)N1CCc2c(sc3c2C(=O)NC(c2cc(Br)cc(Br)c2O)N3)C1. The van der Waals surface area contributed by atoms with Gasteiger partial charge in [0.1, 0.15) is 16.9 Å². The molecule has 5 nitrogen and oxygen atoms in total. The van der Waals surface area contributed by atoms with E-state index in [1.807, 2.05) is 6.07 Å². The number of fused-ring (bicyclic) bond motifs is 3. The van der Waals surface area contributed by atoms with Crippen LogP contribution in [0.15, 0.2) is 21.1 Å². The van der Waals surface area contributed by atoms with Crippen molar-refractivity contribution in [1.29, 1.82) is 0 Å². The van der Waals surface area contributed by atoms with Gasteiger partial charge in [-0.2, -0.15) is 0 Å². The summed E-state index contributed by atoms with van der Waals surface area (Å²) >= 11 is 8.45. The third-order valence-electron chi connectivity index (χ3n) is 4.96. The predicted molar refractivity (Wildman–Crippen MR) is 111 cm³/mol. The van der Waals surface area contributed by atoms with E-state index in [-0.39, 0.29) is 11.7 Å². The number of hydrogen-bond acceptors (Lipinski definition) is 5. The van der Waals surface area contributed by atoms with Crippen LogP contribution < -0.4 is 10.6 Å². The third kappa shape index (κ3) is 3.06. The zero-order chi connectivity index (χ0) is 18.6. The van der Waals surface area contributed by atoms with Gasteiger partial charge in [-0.1, -0.05) is 15.9 Å². The Morgan fingerprint density at radius 2 is 2.08 bits per heavy atom. The number of carbonyl (C=O) groups excluding carboxylic acids is 1. The van der Waals surface area contributed by atoms with Crippen molar-refractivity contribution < 1.29 is 9.90 Å². The number of anilines is 1. The molecule has 1 aromatic carbocycles. The maximum atomic E-state index is 12.8. The van der Waals surface area contributed by atoms with Crippen LogP contribution in [0.5, 0.6) is 5.75 Å². The van der Waals surface area contributed by atoms with Crippen molar-refractivity contribution in [2.24, 2.45) is 0 Å². The molecule has 0 radical (unpaired) electrons. The number of nitrogens with zero attached hydrogens (tertiary/aromatic N) is 1. The first-order valence-electron chi connectivity index (χ1n) is 8.49. The van der Waals surface area contributed by atoms with Gasteiger partial charge in [-0.25, -0.2) is 0 Å². The molecule has 3 heterocycles. The van der Waals surface area contributed by atoms with Crippen LogP contribution in [0.1, 0.15) is 46.4 Å². The highest BCUT2D eigenvalue weighted by atomic mass is 79.9. The number of benzene rings is 1. The van der Waals surface area contributed by atoms with E-state index >= 15 is 0 Å². The van der Waals surface area contributed by atoms with E-state index in [0.717, 1.165) is 34.5 Å². The molecule has 26 heavy (non-hydrogen) atoms. The number of nitrogens with one attached hydrogen (secondary N) is 2. The number of phenols is 1. The number of phenolic OH excluding ortho intramolecular Hbond substituents is 1. The molecule has 2 aliphatic rings. The number of thiophene rings is 1. The van der Waals surface area contributed by atoms with E-state index in [2.05, 4.69) is 61.2 Å². The Hall–Kier alpha value is -1.09. The Kier molecular flexibility index (Phi) is 4.79.